The summed E-state index contributed by atoms with van der Waals surface area (Å²) in [7, 11) is 1.53. The number of amides is 1. The molecule has 0 bridgehead atoms. The number of carbonyl (C=O) groups is 1. The average molecular weight is 333 g/mol. The quantitative estimate of drug-likeness (QED) is 0.841. The maximum atomic E-state index is 12.1. The van der Waals surface area contributed by atoms with Crippen molar-refractivity contribution in [2.24, 2.45) is 17.6 Å². The Labute approximate surface area is 136 Å². The Bertz CT molecular complexity index is 467. The largest absolute Gasteiger partial charge is 0.383 e. The first-order valence-electron chi connectivity index (χ1n) is 6.83. The normalized spacial score (nSPS) is 22.9. The highest BCUT2D eigenvalue weighted by atomic mass is 35.5. The molecular weight excluding hydrogens is 311 g/mol. The molecular formula is C15H22Cl2N2O2. The lowest BCUT2D eigenvalue weighted by atomic mass is 10.0. The number of ether oxygens (including phenoxy) is 1. The summed E-state index contributed by atoms with van der Waals surface area (Å²) in [6.07, 6.45) is 1.12. The molecule has 2 rings (SSSR count). The molecule has 3 N–H and O–H groups in total. The number of rotatable bonds is 6. The molecule has 1 saturated carbocycles. The number of methoxy groups -OCH3 is 1. The fourth-order valence-corrected chi connectivity index (χ4v) is 2.56. The Kier molecular flexibility index (Phi) is 6.94. The van der Waals surface area contributed by atoms with E-state index in [1.54, 1.807) is 0 Å². The van der Waals surface area contributed by atoms with Crippen LogP contribution >= 0.6 is 24.0 Å². The molecule has 1 amide bonds. The van der Waals surface area contributed by atoms with Crippen LogP contribution in [0.4, 0.5) is 0 Å². The van der Waals surface area contributed by atoms with Gasteiger partial charge in [0.1, 0.15) is 6.04 Å². The summed E-state index contributed by atoms with van der Waals surface area (Å²) in [6.45, 7) is 2.41. The fraction of sp³-hybridized carbons (Fsp3) is 0.533. The van der Waals surface area contributed by atoms with Gasteiger partial charge in [-0.1, -0.05) is 30.7 Å². The Balaban J connectivity index is 0.00000220. The third kappa shape index (κ3) is 4.85. The topological polar surface area (TPSA) is 64.3 Å². The molecule has 6 heteroatoms. The highest BCUT2D eigenvalue weighted by molar-refractivity contribution is 6.30. The highest BCUT2D eigenvalue weighted by Gasteiger charge is 2.41. The number of nitrogens with one attached hydrogen (secondary N) is 1. The third-order valence-corrected chi connectivity index (χ3v) is 4.06. The van der Waals surface area contributed by atoms with Crippen LogP contribution < -0.4 is 11.1 Å². The second kappa shape index (κ2) is 7.99. The van der Waals surface area contributed by atoms with Crippen molar-refractivity contribution < 1.29 is 9.53 Å². The molecule has 4 nitrogen and oxygen atoms in total. The zero-order chi connectivity index (χ0) is 14.7. The van der Waals surface area contributed by atoms with Crippen LogP contribution in [0, 0.1) is 11.8 Å². The molecule has 4 unspecified atom stereocenters. The molecule has 118 valence electrons. The average Bonchev–Trinajstić information content (AvgIpc) is 3.14. The summed E-state index contributed by atoms with van der Waals surface area (Å²) in [6, 6.07) is 6.97. The minimum atomic E-state index is -0.635. The van der Waals surface area contributed by atoms with Gasteiger partial charge in [0, 0.05) is 12.1 Å². The summed E-state index contributed by atoms with van der Waals surface area (Å²) < 4.78 is 4.92. The SMILES string of the molecule is COCC(N)C(=O)NC(c1ccc(Cl)cc1)C1CC1C.Cl. The first-order valence-corrected chi connectivity index (χ1v) is 7.21. The van der Waals surface area contributed by atoms with Crippen molar-refractivity contribution in [1.29, 1.82) is 0 Å². The maximum Gasteiger partial charge on any atom is 0.239 e. The van der Waals surface area contributed by atoms with E-state index in [0.29, 0.717) is 16.9 Å². The van der Waals surface area contributed by atoms with Gasteiger partial charge in [-0.3, -0.25) is 4.79 Å². The number of carbonyl (C=O) groups excluding carboxylic acids is 1. The number of benzene rings is 1. The number of hydrogen-bond acceptors (Lipinski definition) is 3. The van der Waals surface area contributed by atoms with Gasteiger partial charge in [-0.15, -0.1) is 12.4 Å². The lowest BCUT2D eigenvalue weighted by Gasteiger charge is -2.21. The summed E-state index contributed by atoms with van der Waals surface area (Å²) in [4.78, 5) is 12.1. The molecule has 0 aromatic heterocycles. The predicted molar refractivity (Wildman–Crippen MR) is 86.7 cm³/mol. The second-order valence-corrected chi connectivity index (χ2v) is 5.91. The Morgan fingerprint density at radius 3 is 2.52 bits per heavy atom. The Morgan fingerprint density at radius 2 is 2.05 bits per heavy atom. The minimum absolute atomic E-state index is 0. The first kappa shape index (κ1) is 18.2. The van der Waals surface area contributed by atoms with E-state index in [1.807, 2.05) is 24.3 Å². The number of halogens is 2. The van der Waals surface area contributed by atoms with Crippen LogP contribution in [0.3, 0.4) is 0 Å². The van der Waals surface area contributed by atoms with E-state index >= 15 is 0 Å². The molecule has 0 heterocycles. The van der Waals surface area contributed by atoms with Crippen molar-refractivity contribution in [3.63, 3.8) is 0 Å². The molecule has 0 radical (unpaired) electrons. The van der Waals surface area contributed by atoms with Crippen LogP contribution in [0.15, 0.2) is 24.3 Å². The van der Waals surface area contributed by atoms with E-state index in [0.717, 1.165) is 12.0 Å². The van der Waals surface area contributed by atoms with E-state index in [1.165, 1.54) is 7.11 Å². The van der Waals surface area contributed by atoms with E-state index < -0.39 is 6.04 Å². The van der Waals surface area contributed by atoms with Crippen LogP contribution in [-0.4, -0.2) is 25.7 Å². The summed E-state index contributed by atoms with van der Waals surface area (Å²) in [5.41, 5.74) is 6.85. The maximum absolute atomic E-state index is 12.1. The van der Waals surface area contributed by atoms with Gasteiger partial charge in [0.25, 0.3) is 0 Å². The summed E-state index contributed by atoms with van der Waals surface area (Å²) >= 11 is 5.91. The van der Waals surface area contributed by atoms with Crippen molar-refractivity contribution in [2.45, 2.75) is 25.4 Å². The Hall–Kier alpha value is -0.810. The standard InChI is InChI=1S/C15H21ClN2O2.ClH/c1-9-7-12(9)14(10-3-5-11(16)6-4-10)18-15(19)13(17)8-20-2;/h3-6,9,12-14H,7-8,17H2,1-2H3,(H,18,19);1H. The van der Waals surface area contributed by atoms with Crippen molar-refractivity contribution >= 4 is 29.9 Å². The molecule has 1 aliphatic carbocycles. The van der Waals surface area contributed by atoms with Crippen molar-refractivity contribution in [1.82, 2.24) is 5.32 Å². The lowest BCUT2D eigenvalue weighted by Crippen LogP contribution is -2.45. The number of hydrogen-bond donors (Lipinski definition) is 2. The van der Waals surface area contributed by atoms with Gasteiger partial charge in [0.2, 0.25) is 5.91 Å². The molecule has 21 heavy (non-hydrogen) atoms. The van der Waals surface area contributed by atoms with Gasteiger partial charge < -0.3 is 15.8 Å². The van der Waals surface area contributed by atoms with Crippen LogP contribution in [0.2, 0.25) is 5.02 Å². The number of nitrogens with two attached hydrogens (primary N) is 1. The summed E-state index contributed by atoms with van der Waals surface area (Å²) in [5, 5.41) is 3.74. The highest BCUT2D eigenvalue weighted by Crippen LogP contribution is 2.47. The first-order chi connectivity index (χ1) is 9.52. The molecule has 1 fully saturated rings. The van der Waals surface area contributed by atoms with E-state index in [9.17, 15) is 4.79 Å². The van der Waals surface area contributed by atoms with Gasteiger partial charge >= 0.3 is 0 Å². The molecule has 1 aliphatic rings. The molecule has 4 atom stereocenters. The van der Waals surface area contributed by atoms with Crippen LogP contribution in [0.25, 0.3) is 0 Å². The zero-order valence-corrected chi connectivity index (χ0v) is 13.8. The van der Waals surface area contributed by atoms with E-state index in [4.69, 9.17) is 22.1 Å². The van der Waals surface area contributed by atoms with Crippen molar-refractivity contribution in [2.75, 3.05) is 13.7 Å². The predicted octanol–water partition coefficient (Wildman–Crippen LogP) is 2.55. The van der Waals surface area contributed by atoms with Gasteiger partial charge in [-0.05, 0) is 36.0 Å². The smallest absolute Gasteiger partial charge is 0.239 e. The molecule has 0 spiro atoms. The van der Waals surface area contributed by atoms with Crippen molar-refractivity contribution in [3.05, 3.63) is 34.9 Å². The van der Waals surface area contributed by atoms with Crippen molar-refractivity contribution in [3.8, 4) is 0 Å². The zero-order valence-electron chi connectivity index (χ0n) is 12.2. The monoisotopic (exact) mass is 332 g/mol. The van der Waals surface area contributed by atoms with Gasteiger partial charge in [-0.2, -0.15) is 0 Å². The molecule has 0 aliphatic heterocycles. The third-order valence-electron chi connectivity index (χ3n) is 3.81. The summed E-state index contributed by atoms with van der Waals surface area (Å²) in [5.74, 6) is 0.912. The van der Waals surface area contributed by atoms with E-state index in [-0.39, 0.29) is 31.0 Å². The van der Waals surface area contributed by atoms with Gasteiger partial charge in [0.05, 0.1) is 12.6 Å². The fourth-order valence-electron chi connectivity index (χ4n) is 2.44. The molecule has 1 aromatic rings. The van der Waals surface area contributed by atoms with E-state index in [2.05, 4.69) is 12.2 Å². The minimum Gasteiger partial charge on any atom is -0.383 e. The molecule has 1 aromatic carbocycles. The van der Waals surface area contributed by atoms with Gasteiger partial charge in [0.15, 0.2) is 0 Å². The van der Waals surface area contributed by atoms with Crippen LogP contribution in [0.5, 0.6) is 0 Å². The van der Waals surface area contributed by atoms with Crippen LogP contribution in [0.1, 0.15) is 24.9 Å². The Morgan fingerprint density at radius 1 is 1.48 bits per heavy atom. The second-order valence-electron chi connectivity index (χ2n) is 5.48. The van der Waals surface area contributed by atoms with Gasteiger partial charge in [-0.25, -0.2) is 0 Å². The van der Waals surface area contributed by atoms with Crippen LogP contribution in [-0.2, 0) is 9.53 Å². The lowest BCUT2D eigenvalue weighted by molar-refractivity contribution is -0.124. The molecule has 0 saturated heterocycles.